The van der Waals surface area contributed by atoms with Crippen LogP contribution in [0.4, 0.5) is 0 Å². The molecule has 1 atom stereocenters. The first-order chi connectivity index (χ1) is 8.08. The summed E-state index contributed by atoms with van der Waals surface area (Å²) in [4.78, 5) is 22.2. The van der Waals surface area contributed by atoms with Crippen molar-refractivity contribution >= 4 is 11.9 Å². The Bertz CT molecular complexity index is 458. The van der Waals surface area contributed by atoms with Gasteiger partial charge in [-0.15, -0.1) is 6.42 Å². The van der Waals surface area contributed by atoms with Crippen LogP contribution in [0, 0.1) is 12.3 Å². The van der Waals surface area contributed by atoms with Crippen LogP contribution in [0.15, 0.2) is 24.3 Å². The average molecular weight is 233 g/mol. The molecule has 17 heavy (non-hydrogen) atoms. The van der Waals surface area contributed by atoms with Gasteiger partial charge in [0.25, 0.3) is 5.91 Å². The summed E-state index contributed by atoms with van der Waals surface area (Å²) in [5.74, 6) is 0.533. The number of benzene rings is 1. The molecule has 88 valence electrons. The standard InChI is InChI=1S/C12H11NO4/c1-2-8-3-5-9(6-4-8)11(15)13-10(7-14)12(16)17/h1,3-6,10,14H,7H2,(H,13,15)(H,16,17)/t10-/m0/s1. The van der Waals surface area contributed by atoms with Crippen molar-refractivity contribution in [3.63, 3.8) is 0 Å². The van der Waals surface area contributed by atoms with Gasteiger partial charge in [-0.1, -0.05) is 5.92 Å². The molecule has 1 aromatic rings. The van der Waals surface area contributed by atoms with Crippen LogP contribution in [0.2, 0.25) is 0 Å². The molecule has 3 N–H and O–H groups in total. The molecule has 0 heterocycles. The summed E-state index contributed by atoms with van der Waals surface area (Å²) in [6.45, 7) is -0.663. The van der Waals surface area contributed by atoms with E-state index in [1.54, 1.807) is 12.1 Å². The summed E-state index contributed by atoms with van der Waals surface area (Å²) >= 11 is 0. The highest BCUT2D eigenvalue weighted by atomic mass is 16.4. The first-order valence-electron chi connectivity index (χ1n) is 4.79. The van der Waals surface area contributed by atoms with Gasteiger partial charge in [-0.05, 0) is 24.3 Å². The Hall–Kier alpha value is -2.32. The molecule has 0 aliphatic carbocycles. The minimum atomic E-state index is -1.31. The third-order valence-corrected chi connectivity index (χ3v) is 2.10. The summed E-state index contributed by atoms with van der Waals surface area (Å²) in [5, 5.41) is 19.6. The van der Waals surface area contributed by atoms with Crippen molar-refractivity contribution in [2.45, 2.75) is 6.04 Å². The van der Waals surface area contributed by atoms with Crippen molar-refractivity contribution < 1.29 is 19.8 Å². The van der Waals surface area contributed by atoms with E-state index in [4.69, 9.17) is 16.6 Å². The van der Waals surface area contributed by atoms with E-state index < -0.39 is 24.5 Å². The molecule has 0 unspecified atom stereocenters. The topological polar surface area (TPSA) is 86.6 Å². The Morgan fingerprint density at radius 2 is 1.94 bits per heavy atom. The molecule has 0 bridgehead atoms. The highest BCUT2D eigenvalue weighted by Crippen LogP contribution is 2.03. The maximum Gasteiger partial charge on any atom is 0.328 e. The van der Waals surface area contributed by atoms with E-state index in [-0.39, 0.29) is 5.56 Å². The fraction of sp³-hybridized carbons (Fsp3) is 0.167. The van der Waals surface area contributed by atoms with Gasteiger partial charge in [-0.2, -0.15) is 0 Å². The number of amides is 1. The van der Waals surface area contributed by atoms with Crippen molar-refractivity contribution in [1.82, 2.24) is 5.32 Å². The zero-order valence-corrected chi connectivity index (χ0v) is 8.88. The quantitative estimate of drug-likeness (QED) is 0.631. The molecule has 0 saturated carbocycles. The second-order valence-corrected chi connectivity index (χ2v) is 3.27. The molecule has 0 spiro atoms. The zero-order chi connectivity index (χ0) is 12.8. The molecule has 0 aliphatic heterocycles. The number of rotatable bonds is 4. The smallest absolute Gasteiger partial charge is 0.328 e. The predicted molar refractivity (Wildman–Crippen MR) is 60.4 cm³/mol. The number of carboxylic acids is 1. The van der Waals surface area contributed by atoms with Gasteiger partial charge in [0, 0.05) is 11.1 Å². The summed E-state index contributed by atoms with van der Waals surface area (Å²) in [6.07, 6.45) is 5.16. The second-order valence-electron chi connectivity index (χ2n) is 3.27. The van der Waals surface area contributed by atoms with Gasteiger partial charge < -0.3 is 15.5 Å². The Balaban J connectivity index is 2.76. The maximum absolute atomic E-state index is 11.6. The number of terminal acetylenes is 1. The summed E-state index contributed by atoms with van der Waals surface area (Å²) < 4.78 is 0. The first kappa shape index (κ1) is 12.7. The fourth-order valence-corrected chi connectivity index (χ4v) is 1.14. The number of carbonyl (C=O) groups is 2. The number of aliphatic hydroxyl groups excluding tert-OH is 1. The van der Waals surface area contributed by atoms with Crippen LogP contribution in [0.3, 0.4) is 0 Å². The Morgan fingerprint density at radius 1 is 1.35 bits per heavy atom. The fourth-order valence-electron chi connectivity index (χ4n) is 1.14. The molecule has 1 rings (SSSR count). The van der Waals surface area contributed by atoms with Crippen LogP contribution in [0.25, 0.3) is 0 Å². The summed E-state index contributed by atoms with van der Waals surface area (Å²) in [6, 6.07) is 4.81. The molecule has 0 fully saturated rings. The Labute approximate surface area is 98.1 Å². The van der Waals surface area contributed by atoms with Crippen LogP contribution in [-0.2, 0) is 4.79 Å². The van der Waals surface area contributed by atoms with Crippen LogP contribution in [-0.4, -0.2) is 34.7 Å². The zero-order valence-electron chi connectivity index (χ0n) is 8.88. The van der Waals surface area contributed by atoms with E-state index in [9.17, 15) is 9.59 Å². The molecule has 5 nitrogen and oxygen atoms in total. The number of hydrogen-bond donors (Lipinski definition) is 3. The largest absolute Gasteiger partial charge is 0.480 e. The van der Waals surface area contributed by atoms with Crippen LogP contribution < -0.4 is 5.32 Å². The highest BCUT2D eigenvalue weighted by molar-refractivity contribution is 5.96. The summed E-state index contributed by atoms with van der Waals surface area (Å²) in [7, 11) is 0. The lowest BCUT2D eigenvalue weighted by Crippen LogP contribution is -2.43. The third kappa shape index (κ3) is 3.33. The van der Waals surface area contributed by atoms with Crippen molar-refractivity contribution in [3.8, 4) is 12.3 Å². The molecule has 5 heteroatoms. The van der Waals surface area contributed by atoms with Crippen LogP contribution in [0.5, 0.6) is 0 Å². The number of carboxylic acid groups (broad SMARTS) is 1. The molecule has 0 saturated heterocycles. The van der Waals surface area contributed by atoms with E-state index in [1.807, 2.05) is 0 Å². The molecule has 0 aromatic heterocycles. The average Bonchev–Trinajstić information content (AvgIpc) is 2.35. The van der Waals surface area contributed by atoms with Gasteiger partial charge in [0.2, 0.25) is 0 Å². The van der Waals surface area contributed by atoms with E-state index in [0.29, 0.717) is 5.56 Å². The second kappa shape index (κ2) is 5.68. The van der Waals surface area contributed by atoms with Crippen molar-refractivity contribution in [2.24, 2.45) is 0 Å². The van der Waals surface area contributed by atoms with E-state index >= 15 is 0 Å². The van der Waals surface area contributed by atoms with Crippen molar-refractivity contribution in [2.75, 3.05) is 6.61 Å². The molecule has 1 aromatic carbocycles. The number of aliphatic hydroxyl groups is 1. The maximum atomic E-state index is 11.6. The minimum Gasteiger partial charge on any atom is -0.480 e. The lowest BCUT2D eigenvalue weighted by molar-refractivity contribution is -0.140. The van der Waals surface area contributed by atoms with Gasteiger partial charge in [-0.25, -0.2) is 4.79 Å². The van der Waals surface area contributed by atoms with Crippen molar-refractivity contribution in [1.29, 1.82) is 0 Å². The Kier molecular flexibility index (Phi) is 4.26. The SMILES string of the molecule is C#Cc1ccc(C(=O)N[C@@H](CO)C(=O)O)cc1. The lowest BCUT2D eigenvalue weighted by Gasteiger charge is -2.11. The van der Waals surface area contributed by atoms with Crippen LogP contribution >= 0.6 is 0 Å². The minimum absolute atomic E-state index is 0.281. The molecular formula is C12H11NO4. The van der Waals surface area contributed by atoms with Gasteiger partial charge in [0.1, 0.15) is 0 Å². The normalized spacial score (nSPS) is 11.3. The first-order valence-corrected chi connectivity index (χ1v) is 4.79. The number of carbonyl (C=O) groups excluding carboxylic acids is 1. The number of hydrogen-bond acceptors (Lipinski definition) is 3. The van der Waals surface area contributed by atoms with Gasteiger partial charge in [-0.3, -0.25) is 4.79 Å². The molecule has 0 aliphatic rings. The van der Waals surface area contributed by atoms with Gasteiger partial charge in [0.05, 0.1) is 6.61 Å². The van der Waals surface area contributed by atoms with Gasteiger partial charge in [0.15, 0.2) is 6.04 Å². The molecular weight excluding hydrogens is 222 g/mol. The number of aliphatic carboxylic acids is 1. The predicted octanol–water partition coefficient (Wildman–Crippen LogP) is -0.157. The number of nitrogens with one attached hydrogen (secondary N) is 1. The highest BCUT2D eigenvalue weighted by Gasteiger charge is 2.19. The monoisotopic (exact) mass is 233 g/mol. The third-order valence-electron chi connectivity index (χ3n) is 2.10. The Morgan fingerprint density at radius 3 is 2.35 bits per heavy atom. The molecule has 1 amide bonds. The summed E-state index contributed by atoms with van der Waals surface area (Å²) in [5.41, 5.74) is 0.905. The van der Waals surface area contributed by atoms with Crippen LogP contribution in [0.1, 0.15) is 15.9 Å². The lowest BCUT2D eigenvalue weighted by atomic mass is 10.1. The van der Waals surface area contributed by atoms with E-state index in [1.165, 1.54) is 12.1 Å². The van der Waals surface area contributed by atoms with Gasteiger partial charge >= 0.3 is 5.97 Å². The molecule has 0 radical (unpaired) electrons. The van der Waals surface area contributed by atoms with Crippen molar-refractivity contribution in [3.05, 3.63) is 35.4 Å². The van der Waals surface area contributed by atoms with E-state index in [2.05, 4.69) is 11.2 Å². The van der Waals surface area contributed by atoms with E-state index in [0.717, 1.165) is 0 Å².